The Kier molecular flexibility index (Phi) is 5.81. The van der Waals surface area contributed by atoms with Gasteiger partial charge in [0.2, 0.25) is 10.0 Å². The van der Waals surface area contributed by atoms with Gasteiger partial charge in [-0.15, -0.1) is 0 Å². The average molecular weight is 363 g/mol. The molecule has 2 aromatic rings. The highest BCUT2D eigenvalue weighted by molar-refractivity contribution is 7.89. The summed E-state index contributed by atoms with van der Waals surface area (Å²) in [6.07, 6.45) is 0. The standard InChI is InChI=1S/C18H21NO5S/c1-12-6-5-7-15(8-12)24-18(20)11-19-25(21,22)17-10-14(3)13(2)9-16(17)23-4/h5-10,19H,11H2,1-4H3. The first-order valence-electron chi connectivity index (χ1n) is 7.65. The van der Waals surface area contributed by atoms with Crippen LogP contribution in [0.4, 0.5) is 0 Å². The Morgan fingerprint density at radius 2 is 1.76 bits per heavy atom. The van der Waals surface area contributed by atoms with Crippen molar-refractivity contribution in [2.24, 2.45) is 0 Å². The van der Waals surface area contributed by atoms with Crippen molar-refractivity contribution in [1.29, 1.82) is 0 Å². The van der Waals surface area contributed by atoms with Crippen LogP contribution in [0.3, 0.4) is 0 Å². The number of ether oxygens (including phenoxy) is 2. The van der Waals surface area contributed by atoms with Crippen LogP contribution in [0.25, 0.3) is 0 Å². The van der Waals surface area contributed by atoms with Crippen molar-refractivity contribution >= 4 is 16.0 Å². The van der Waals surface area contributed by atoms with Gasteiger partial charge in [0.15, 0.2) is 0 Å². The summed E-state index contributed by atoms with van der Waals surface area (Å²) in [5.41, 5.74) is 2.66. The number of carbonyl (C=O) groups excluding carboxylic acids is 1. The van der Waals surface area contributed by atoms with Crippen LogP contribution < -0.4 is 14.2 Å². The van der Waals surface area contributed by atoms with E-state index in [1.54, 1.807) is 31.2 Å². The van der Waals surface area contributed by atoms with Crippen LogP contribution in [-0.2, 0) is 14.8 Å². The molecular weight excluding hydrogens is 342 g/mol. The van der Waals surface area contributed by atoms with E-state index >= 15 is 0 Å². The summed E-state index contributed by atoms with van der Waals surface area (Å²) in [6, 6.07) is 10.1. The maximum Gasteiger partial charge on any atom is 0.326 e. The van der Waals surface area contributed by atoms with Crippen LogP contribution in [0.15, 0.2) is 41.3 Å². The minimum Gasteiger partial charge on any atom is -0.495 e. The molecule has 0 saturated heterocycles. The molecule has 0 unspecified atom stereocenters. The van der Waals surface area contributed by atoms with Crippen LogP contribution in [0.1, 0.15) is 16.7 Å². The van der Waals surface area contributed by atoms with E-state index in [-0.39, 0.29) is 10.6 Å². The summed E-state index contributed by atoms with van der Waals surface area (Å²) in [6.45, 7) is 5.05. The highest BCUT2D eigenvalue weighted by atomic mass is 32.2. The topological polar surface area (TPSA) is 81.7 Å². The zero-order valence-corrected chi connectivity index (χ0v) is 15.4. The number of esters is 1. The van der Waals surface area contributed by atoms with Gasteiger partial charge in [-0.25, -0.2) is 8.42 Å². The van der Waals surface area contributed by atoms with Crippen LogP contribution in [0.5, 0.6) is 11.5 Å². The van der Waals surface area contributed by atoms with Crippen molar-refractivity contribution in [2.45, 2.75) is 25.7 Å². The lowest BCUT2D eigenvalue weighted by molar-refractivity contribution is -0.133. The molecule has 2 rings (SSSR count). The summed E-state index contributed by atoms with van der Waals surface area (Å²) in [7, 11) is -2.52. The first-order chi connectivity index (χ1) is 11.7. The quantitative estimate of drug-likeness (QED) is 0.630. The van der Waals surface area contributed by atoms with E-state index in [0.717, 1.165) is 16.7 Å². The number of hydrogen-bond donors (Lipinski definition) is 1. The van der Waals surface area contributed by atoms with Gasteiger partial charge in [0, 0.05) is 0 Å². The smallest absolute Gasteiger partial charge is 0.326 e. The van der Waals surface area contributed by atoms with E-state index in [4.69, 9.17) is 9.47 Å². The maximum atomic E-state index is 12.5. The van der Waals surface area contributed by atoms with Crippen LogP contribution in [-0.4, -0.2) is 28.0 Å². The molecule has 0 amide bonds. The molecule has 0 atom stereocenters. The normalized spacial score (nSPS) is 11.2. The molecule has 0 aliphatic rings. The fraction of sp³-hybridized carbons (Fsp3) is 0.278. The van der Waals surface area contributed by atoms with E-state index in [1.807, 2.05) is 19.9 Å². The second-order valence-corrected chi connectivity index (χ2v) is 7.44. The second kappa shape index (κ2) is 7.67. The molecule has 0 aromatic heterocycles. The molecule has 7 heteroatoms. The van der Waals surface area contributed by atoms with Gasteiger partial charge in [-0.05, 0) is 61.7 Å². The van der Waals surface area contributed by atoms with Crippen molar-refractivity contribution in [1.82, 2.24) is 4.72 Å². The summed E-state index contributed by atoms with van der Waals surface area (Å²) in [5.74, 6) is -0.104. The van der Waals surface area contributed by atoms with Crippen LogP contribution in [0.2, 0.25) is 0 Å². The van der Waals surface area contributed by atoms with E-state index in [2.05, 4.69) is 4.72 Å². The first kappa shape index (κ1) is 19.0. The number of nitrogens with one attached hydrogen (secondary N) is 1. The van der Waals surface area contributed by atoms with Gasteiger partial charge >= 0.3 is 5.97 Å². The summed E-state index contributed by atoms with van der Waals surface area (Å²) in [4.78, 5) is 11.9. The summed E-state index contributed by atoms with van der Waals surface area (Å²) < 4.78 is 37.5. The Morgan fingerprint density at radius 1 is 1.08 bits per heavy atom. The molecule has 0 aliphatic heterocycles. The molecule has 0 heterocycles. The molecule has 25 heavy (non-hydrogen) atoms. The highest BCUT2D eigenvalue weighted by Gasteiger charge is 2.22. The third-order valence-electron chi connectivity index (χ3n) is 3.70. The maximum absolute atomic E-state index is 12.5. The number of methoxy groups -OCH3 is 1. The van der Waals surface area contributed by atoms with E-state index in [1.165, 1.54) is 13.2 Å². The van der Waals surface area contributed by atoms with E-state index in [0.29, 0.717) is 5.75 Å². The zero-order valence-electron chi connectivity index (χ0n) is 14.6. The Hall–Kier alpha value is -2.38. The SMILES string of the molecule is COc1cc(C)c(C)cc1S(=O)(=O)NCC(=O)Oc1cccc(C)c1. The summed E-state index contributed by atoms with van der Waals surface area (Å²) >= 11 is 0. The number of benzene rings is 2. The Balaban J connectivity index is 2.11. The third-order valence-corrected chi connectivity index (χ3v) is 5.12. The minimum absolute atomic E-state index is 0.0125. The Labute approximate surface area is 147 Å². The number of rotatable bonds is 6. The lowest BCUT2D eigenvalue weighted by Gasteiger charge is -2.13. The van der Waals surface area contributed by atoms with Gasteiger partial charge in [0.05, 0.1) is 7.11 Å². The van der Waals surface area contributed by atoms with Gasteiger partial charge < -0.3 is 9.47 Å². The molecule has 0 fully saturated rings. The Bertz CT molecular complexity index is 890. The number of aryl methyl sites for hydroxylation is 3. The lowest BCUT2D eigenvalue weighted by atomic mass is 10.1. The van der Waals surface area contributed by atoms with Gasteiger partial charge in [-0.1, -0.05) is 12.1 Å². The predicted molar refractivity (Wildman–Crippen MR) is 94.5 cm³/mol. The van der Waals surface area contributed by atoms with Gasteiger partial charge in [0.1, 0.15) is 22.9 Å². The van der Waals surface area contributed by atoms with Crippen molar-refractivity contribution in [3.8, 4) is 11.5 Å². The van der Waals surface area contributed by atoms with Crippen LogP contribution in [0, 0.1) is 20.8 Å². The Morgan fingerprint density at radius 3 is 2.40 bits per heavy atom. The largest absolute Gasteiger partial charge is 0.495 e. The second-order valence-electron chi connectivity index (χ2n) is 5.70. The lowest BCUT2D eigenvalue weighted by Crippen LogP contribution is -2.32. The molecule has 0 radical (unpaired) electrons. The van der Waals surface area contributed by atoms with Gasteiger partial charge in [-0.2, -0.15) is 4.72 Å². The predicted octanol–water partition coefficient (Wildman–Crippen LogP) is 2.50. The molecular formula is C18H21NO5S. The van der Waals surface area contributed by atoms with Gasteiger partial charge in [-0.3, -0.25) is 4.79 Å². The fourth-order valence-corrected chi connectivity index (χ4v) is 3.41. The van der Waals surface area contributed by atoms with Crippen molar-refractivity contribution in [3.05, 3.63) is 53.1 Å². The minimum atomic E-state index is -3.91. The highest BCUT2D eigenvalue weighted by Crippen LogP contribution is 2.27. The zero-order chi connectivity index (χ0) is 18.6. The molecule has 0 bridgehead atoms. The molecule has 1 N–H and O–H groups in total. The monoisotopic (exact) mass is 363 g/mol. The van der Waals surface area contributed by atoms with Crippen molar-refractivity contribution in [2.75, 3.05) is 13.7 Å². The van der Waals surface area contributed by atoms with E-state index in [9.17, 15) is 13.2 Å². The molecule has 0 spiro atoms. The van der Waals surface area contributed by atoms with Crippen molar-refractivity contribution in [3.63, 3.8) is 0 Å². The number of carbonyl (C=O) groups is 1. The fourth-order valence-electron chi connectivity index (χ4n) is 2.21. The van der Waals surface area contributed by atoms with Crippen molar-refractivity contribution < 1.29 is 22.7 Å². The molecule has 2 aromatic carbocycles. The number of hydrogen-bond acceptors (Lipinski definition) is 5. The number of sulfonamides is 1. The van der Waals surface area contributed by atoms with Crippen LogP contribution >= 0.6 is 0 Å². The third kappa shape index (κ3) is 4.80. The molecule has 134 valence electrons. The van der Waals surface area contributed by atoms with E-state index < -0.39 is 22.5 Å². The summed E-state index contributed by atoms with van der Waals surface area (Å²) in [5, 5.41) is 0. The first-order valence-corrected chi connectivity index (χ1v) is 9.13. The van der Waals surface area contributed by atoms with Gasteiger partial charge in [0.25, 0.3) is 0 Å². The average Bonchev–Trinajstić information content (AvgIpc) is 2.55. The molecule has 0 aliphatic carbocycles. The molecule has 0 saturated carbocycles. The molecule has 6 nitrogen and oxygen atoms in total.